The molecule has 0 heteroatoms. The van der Waals surface area contributed by atoms with Crippen LogP contribution >= 0.6 is 0 Å². The molecule has 1 rings (SSSR count). The van der Waals surface area contributed by atoms with Crippen LogP contribution in [0.25, 0.3) is 0 Å². The number of hydrogen-bond acceptors (Lipinski definition) is 0. The fourth-order valence-electron chi connectivity index (χ4n) is 3.92. The van der Waals surface area contributed by atoms with E-state index in [1.165, 1.54) is 80.1 Å². The summed E-state index contributed by atoms with van der Waals surface area (Å²) in [6, 6.07) is 4.55. The van der Waals surface area contributed by atoms with Crippen LogP contribution in [0.15, 0.2) is 86.1 Å². The zero-order valence-electron chi connectivity index (χ0n) is 32.0. The molecule has 43 heavy (non-hydrogen) atoms. The van der Waals surface area contributed by atoms with Gasteiger partial charge in [0.2, 0.25) is 0 Å². The van der Waals surface area contributed by atoms with Gasteiger partial charge in [0.25, 0.3) is 0 Å². The first kappa shape index (κ1) is 50.3. The molecule has 1 aromatic rings. The van der Waals surface area contributed by atoms with E-state index in [9.17, 15) is 0 Å². The van der Waals surface area contributed by atoms with Gasteiger partial charge in [-0.25, -0.2) is 0 Å². The Labute approximate surface area is 274 Å². The van der Waals surface area contributed by atoms with Crippen molar-refractivity contribution in [3.63, 3.8) is 0 Å². The minimum atomic E-state index is 0.778. The summed E-state index contributed by atoms with van der Waals surface area (Å²) < 4.78 is 0. The van der Waals surface area contributed by atoms with Gasteiger partial charge >= 0.3 is 0 Å². The summed E-state index contributed by atoms with van der Waals surface area (Å²) in [6.45, 7) is 44.4. The van der Waals surface area contributed by atoms with Crippen LogP contribution in [0, 0.1) is 25.7 Å². The van der Waals surface area contributed by atoms with Gasteiger partial charge in [0.1, 0.15) is 0 Å². The highest BCUT2D eigenvalue weighted by Crippen LogP contribution is 2.20. The Kier molecular flexibility index (Phi) is 46.4. The lowest BCUT2D eigenvalue weighted by atomic mass is 9.93. The summed E-state index contributed by atoms with van der Waals surface area (Å²) in [6.07, 6.45) is 23.1. The second-order valence-electron chi connectivity index (χ2n) is 11.5. The fraction of sp³-hybridized carbons (Fsp3) is 0.581. The monoisotopic (exact) mass is 595 g/mol. The summed E-state index contributed by atoms with van der Waals surface area (Å²) in [5, 5.41) is 0. The summed E-state index contributed by atoms with van der Waals surface area (Å²) >= 11 is 0. The van der Waals surface area contributed by atoms with Crippen molar-refractivity contribution in [1.82, 2.24) is 0 Å². The highest BCUT2D eigenvalue weighted by molar-refractivity contribution is 5.39. The molecule has 0 aliphatic carbocycles. The third kappa shape index (κ3) is 39.7. The SMILES string of the molecule is C=C(C)C.C=C(C)C(CC)CCCC.C=C/C=C\C=C/CCC(C)C.C=CC.CC.CCCc1ccc(C)c(C)c1CC. The molecule has 0 aromatic heterocycles. The van der Waals surface area contributed by atoms with Crippen LogP contribution in [0.1, 0.15) is 150 Å². The normalized spacial score (nSPS) is 10.3. The minimum Gasteiger partial charge on any atom is -0.103 e. The molecular formula is C43H78. The zero-order chi connectivity index (χ0) is 34.6. The van der Waals surface area contributed by atoms with Crippen LogP contribution in [0.4, 0.5) is 0 Å². The van der Waals surface area contributed by atoms with E-state index < -0.39 is 0 Å². The van der Waals surface area contributed by atoms with Gasteiger partial charge in [-0.1, -0.05) is 148 Å². The van der Waals surface area contributed by atoms with E-state index in [4.69, 9.17) is 0 Å². The van der Waals surface area contributed by atoms with Gasteiger partial charge < -0.3 is 0 Å². The zero-order valence-corrected chi connectivity index (χ0v) is 32.0. The van der Waals surface area contributed by atoms with Gasteiger partial charge in [-0.2, -0.15) is 0 Å². The highest BCUT2D eigenvalue weighted by Gasteiger charge is 2.05. The van der Waals surface area contributed by atoms with Crippen molar-refractivity contribution in [2.24, 2.45) is 11.8 Å². The Morgan fingerprint density at radius 1 is 0.837 bits per heavy atom. The average molecular weight is 595 g/mol. The molecule has 0 heterocycles. The predicted octanol–water partition coefficient (Wildman–Crippen LogP) is 15.1. The minimum absolute atomic E-state index is 0.778. The van der Waals surface area contributed by atoms with Crippen LogP contribution in [0.2, 0.25) is 0 Å². The van der Waals surface area contributed by atoms with Gasteiger partial charge in [0.05, 0.1) is 0 Å². The van der Waals surface area contributed by atoms with Gasteiger partial charge in [-0.05, 0) is 114 Å². The lowest BCUT2D eigenvalue weighted by Gasteiger charge is -2.13. The van der Waals surface area contributed by atoms with E-state index in [1.54, 1.807) is 23.3 Å². The molecule has 1 atom stereocenters. The summed E-state index contributed by atoms with van der Waals surface area (Å²) in [7, 11) is 0. The molecule has 0 amide bonds. The lowest BCUT2D eigenvalue weighted by Crippen LogP contribution is -1.98. The van der Waals surface area contributed by atoms with Gasteiger partial charge in [-0.3, -0.25) is 0 Å². The van der Waals surface area contributed by atoms with Crippen LogP contribution < -0.4 is 0 Å². The molecule has 0 fully saturated rings. The van der Waals surface area contributed by atoms with Crippen LogP contribution in [0.3, 0.4) is 0 Å². The number of benzene rings is 1. The van der Waals surface area contributed by atoms with Gasteiger partial charge in [0.15, 0.2) is 0 Å². The van der Waals surface area contributed by atoms with Gasteiger partial charge in [0, 0.05) is 0 Å². The first-order valence-electron chi connectivity index (χ1n) is 17.2. The molecule has 1 aromatic carbocycles. The maximum atomic E-state index is 3.98. The Balaban J connectivity index is -0.000000148. The van der Waals surface area contributed by atoms with E-state index in [1.807, 2.05) is 46.8 Å². The molecule has 0 aliphatic heterocycles. The van der Waals surface area contributed by atoms with E-state index in [-0.39, 0.29) is 0 Å². The third-order valence-corrected chi connectivity index (χ3v) is 6.34. The van der Waals surface area contributed by atoms with Crippen molar-refractivity contribution in [1.29, 1.82) is 0 Å². The van der Waals surface area contributed by atoms with Crippen LogP contribution in [0.5, 0.6) is 0 Å². The first-order valence-corrected chi connectivity index (χ1v) is 17.2. The van der Waals surface area contributed by atoms with Crippen molar-refractivity contribution in [2.75, 3.05) is 0 Å². The molecule has 0 bridgehead atoms. The van der Waals surface area contributed by atoms with Crippen molar-refractivity contribution in [3.8, 4) is 0 Å². The summed E-state index contributed by atoms with van der Waals surface area (Å²) in [5.41, 5.74) is 8.57. The molecule has 0 saturated carbocycles. The molecule has 250 valence electrons. The second-order valence-corrected chi connectivity index (χ2v) is 11.5. The van der Waals surface area contributed by atoms with Gasteiger partial charge in [-0.15, -0.1) is 13.2 Å². The van der Waals surface area contributed by atoms with E-state index in [0.717, 1.165) is 11.8 Å². The maximum absolute atomic E-state index is 3.98. The quantitative estimate of drug-likeness (QED) is 0.157. The molecule has 0 nitrogen and oxygen atoms in total. The Hall–Kier alpha value is -2.34. The molecular weight excluding hydrogens is 516 g/mol. The standard InChI is InChI=1S/C13H20.C11H18.C10H20.C4H8.C3H6.C2H6/c1-5-7-12-9-8-10(3)11(4)13(12)6-2;1-4-5-6-7-8-9-10-11(2)3;1-5-7-8-10(6-2)9(3)4;1-4(2)3;1-3-2;1-2/h8-9H,5-7H2,1-4H3;4-8,11H,1,9-10H2,2-3H3;10H,3,5-8H2,1-2,4H3;1H2,2-3H3;3H,1H2,2H3;1-2H3/b;6-5-,8-7-;;;;. The number of aryl methyl sites for hydroxylation is 2. The molecule has 0 aliphatic rings. The highest BCUT2D eigenvalue weighted by atomic mass is 14.1. The average Bonchev–Trinajstić information content (AvgIpc) is 2.95. The Morgan fingerprint density at radius 3 is 1.74 bits per heavy atom. The number of allylic oxidation sites excluding steroid dienone is 8. The molecule has 0 N–H and O–H groups in total. The lowest BCUT2D eigenvalue weighted by molar-refractivity contribution is 0.516. The summed E-state index contributed by atoms with van der Waals surface area (Å²) in [5.74, 6) is 1.59. The second kappa shape index (κ2) is 39.7. The van der Waals surface area contributed by atoms with Crippen molar-refractivity contribution < 1.29 is 0 Å². The van der Waals surface area contributed by atoms with Crippen LogP contribution in [-0.2, 0) is 12.8 Å². The molecule has 0 radical (unpaired) electrons. The Morgan fingerprint density at radius 2 is 1.37 bits per heavy atom. The third-order valence-electron chi connectivity index (χ3n) is 6.34. The topological polar surface area (TPSA) is 0 Å². The van der Waals surface area contributed by atoms with Crippen molar-refractivity contribution >= 4 is 0 Å². The van der Waals surface area contributed by atoms with Crippen molar-refractivity contribution in [3.05, 3.63) is 108 Å². The summed E-state index contributed by atoms with van der Waals surface area (Å²) in [4.78, 5) is 0. The van der Waals surface area contributed by atoms with Crippen LogP contribution in [-0.4, -0.2) is 0 Å². The number of hydrogen-bond donors (Lipinski definition) is 0. The fourth-order valence-corrected chi connectivity index (χ4v) is 3.92. The molecule has 1 unspecified atom stereocenters. The first-order chi connectivity index (χ1) is 20.3. The predicted molar refractivity (Wildman–Crippen MR) is 208 cm³/mol. The molecule has 0 spiro atoms. The van der Waals surface area contributed by atoms with E-state index >= 15 is 0 Å². The maximum Gasteiger partial charge on any atom is -0.0211 e. The largest absolute Gasteiger partial charge is 0.103 e. The smallest absolute Gasteiger partial charge is 0.0211 e. The Bertz CT molecular complexity index is 824. The van der Waals surface area contributed by atoms with Crippen molar-refractivity contribution in [2.45, 2.75) is 155 Å². The number of rotatable bonds is 13. The number of unbranched alkanes of at least 4 members (excludes halogenated alkanes) is 1. The van der Waals surface area contributed by atoms with E-state index in [0.29, 0.717) is 0 Å². The molecule has 0 saturated heterocycles. The van der Waals surface area contributed by atoms with E-state index in [2.05, 4.69) is 113 Å².